The zero-order valence-electron chi connectivity index (χ0n) is 24.4. The molecule has 3 aromatic rings. The van der Waals surface area contributed by atoms with E-state index in [1.807, 2.05) is 13.0 Å². The van der Waals surface area contributed by atoms with Crippen LogP contribution in [0.1, 0.15) is 55.8 Å². The fourth-order valence-electron chi connectivity index (χ4n) is 6.65. The van der Waals surface area contributed by atoms with Crippen molar-refractivity contribution >= 4 is 26.7 Å². The van der Waals surface area contributed by atoms with Crippen LogP contribution in [0, 0.1) is 11.7 Å². The molecule has 2 aromatic heterocycles. The topological polar surface area (TPSA) is 117 Å². The lowest BCUT2D eigenvalue weighted by Gasteiger charge is -2.41. The zero-order chi connectivity index (χ0) is 30.3. The molecule has 1 saturated carbocycles. The predicted octanol–water partition coefficient (Wildman–Crippen LogP) is 4.47. The highest BCUT2D eigenvalue weighted by Crippen LogP contribution is 2.41. The molecular formula is C31H37F2N7O2S. The van der Waals surface area contributed by atoms with Crippen molar-refractivity contribution in [1.29, 1.82) is 0 Å². The first kappa shape index (κ1) is 29.6. The summed E-state index contributed by atoms with van der Waals surface area (Å²) in [5.41, 5.74) is 8.22. The van der Waals surface area contributed by atoms with Crippen LogP contribution in [-0.4, -0.2) is 72.4 Å². The quantitative estimate of drug-likeness (QED) is 0.421. The standard InChI is InChI=1S/C31H37F2N7O2S/c1-19-15-26(38-43(41,42)28-6-4-3-5-23(28)32)24(33)16-22(19)30-29-27(35-18-36-31(29)34)17-25(37-30)20-7-9-21(10-8-20)40-13-11-39(2)12-14-40/h3-6,15-22,38H,7-14H2,1-2H3,(H2,34,35,36). The largest absolute Gasteiger partial charge is 0.383 e. The fraction of sp³-hybridized carbons (Fsp3) is 0.452. The van der Waals surface area contributed by atoms with Crippen LogP contribution >= 0.6 is 0 Å². The van der Waals surface area contributed by atoms with Crippen LogP contribution in [0.25, 0.3) is 10.9 Å². The Morgan fingerprint density at radius 1 is 1.00 bits per heavy atom. The van der Waals surface area contributed by atoms with Gasteiger partial charge in [-0.1, -0.05) is 25.1 Å². The molecule has 0 spiro atoms. The molecule has 0 bridgehead atoms. The number of aromatic nitrogens is 3. The SMILES string of the molecule is CC1C=C(NS(=O)(=O)c2ccccc2F)C(F)=CC1c1nc(C2CCC(N3CCN(C)CC3)CC2)cc2ncnc(N)c12. The van der Waals surface area contributed by atoms with Crippen LogP contribution < -0.4 is 10.5 Å². The summed E-state index contributed by atoms with van der Waals surface area (Å²) in [7, 11) is -2.17. The van der Waals surface area contributed by atoms with Gasteiger partial charge >= 0.3 is 0 Å². The van der Waals surface area contributed by atoms with E-state index in [0.717, 1.165) is 69.7 Å². The van der Waals surface area contributed by atoms with Crippen LogP contribution in [0.3, 0.4) is 0 Å². The molecule has 2 fully saturated rings. The minimum absolute atomic E-state index is 0.237. The predicted molar refractivity (Wildman–Crippen MR) is 162 cm³/mol. The van der Waals surface area contributed by atoms with Gasteiger partial charge in [0.1, 0.15) is 28.7 Å². The molecule has 6 rings (SSSR count). The van der Waals surface area contributed by atoms with Gasteiger partial charge in [0.2, 0.25) is 0 Å². The van der Waals surface area contributed by atoms with Crippen LogP contribution in [0.2, 0.25) is 0 Å². The molecule has 2 aliphatic carbocycles. The third kappa shape index (κ3) is 6.00. The number of hydrogen-bond acceptors (Lipinski definition) is 8. The Labute approximate surface area is 251 Å². The Hall–Kier alpha value is -3.48. The van der Waals surface area contributed by atoms with Gasteiger partial charge in [0.15, 0.2) is 0 Å². The first-order chi connectivity index (χ1) is 20.6. The monoisotopic (exact) mass is 609 g/mol. The molecule has 1 aliphatic heterocycles. The number of fused-ring (bicyclic) bond motifs is 1. The maximum atomic E-state index is 15.6. The molecule has 228 valence electrons. The maximum absolute atomic E-state index is 15.6. The molecule has 43 heavy (non-hydrogen) atoms. The summed E-state index contributed by atoms with van der Waals surface area (Å²) in [6.07, 6.45) is 8.47. The Kier molecular flexibility index (Phi) is 8.18. The van der Waals surface area contributed by atoms with Crippen molar-refractivity contribution in [2.45, 2.75) is 55.4 Å². The highest BCUT2D eigenvalue weighted by atomic mass is 32.2. The first-order valence-electron chi connectivity index (χ1n) is 14.8. The molecule has 12 heteroatoms. The summed E-state index contributed by atoms with van der Waals surface area (Å²) in [5.74, 6) is -2.09. The summed E-state index contributed by atoms with van der Waals surface area (Å²) < 4.78 is 57.8. The number of halogens is 2. The van der Waals surface area contributed by atoms with Gasteiger partial charge in [-0.25, -0.2) is 27.2 Å². The second-order valence-electron chi connectivity index (χ2n) is 11.9. The third-order valence-electron chi connectivity index (χ3n) is 9.13. The molecule has 2 atom stereocenters. The zero-order valence-corrected chi connectivity index (χ0v) is 25.2. The van der Waals surface area contributed by atoms with Gasteiger partial charge in [-0.2, -0.15) is 0 Å². The van der Waals surface area contributed by atoms with Gasteiger partial charge in [-0.05, 0) is 62.9 Å². The van der Waals surface area contributed by atoms with Crippen LogP contribution in [0.5, 0.6) is 0 Å². The van der Waals surface area contributed by atoms with E-state index in [1.54, 1.807) is 0 Å². The normalized spacial score (nSPS) is 25.8. The second kappa shape index (κ2) is 11.9. The second-order valence-corrected chi connectivity index (χ2v) is 13.6. The molecule has 3 heterocycles. The van der Waals surface area contributed by atoms with Crippen molar-refractivity contribution in [3.05, 3.63) is 77.5 Å². The van der Waals surface area contributed by atoms with Crippen LogP contribution in [0.4, 0.5) is 14.6 Å². The Morgan fingerprint density at radius 2 is 1.72 bits per heavy atom. The summed E-state index contributed by atoms with van der Waals surface area (Å²) in [4.78, 5) is 18.2. The van der Waals surface area contributed by atoms with Crippen LogP contribution in [-0.2, 0) is 10.0 Å². The Bertz CT molecular complexity index is 1680. The Morgan fingerprint density at radius 3 is 2.44 bits per heavy atom. The lowest BCUT2D eigenvalue weighted by Crippen LogP contribution is -2.49. The lowest BCUT2D eigenvalue weighted by atomic mass is 9.81. The molecule has 0 radical (unpaired) electrons. The number of allylic oxidation sites excluding steroid dienone is 3. The minimum Gasteiger partial charge on any atom is -0.383 e. The molecule has 1 saturated heterocycles. The van der Waals surface area contributed by atoms with Crippen molar-refractivity contribution < 1.29 is 17.2 Å². The van der Waals surface area contributed by atoms with Crippen molar-refractivity contribution in [3.8, 4) is 0 Å². The van der Waals surface area contributed by atoms with E-state index in [9.17, 15) is 12.8 Å². The number of piperazine rings is 1. The van der Waals surface area contributed by atoms with E-state index < -0.39 is 32.5 Å². The number of nitrogen functional groups attached to an aromatic ring is 1. The van der Waals surface area contributed by atoms with Gasteiger partial charge in [-0.3, -0.25) is 14.6 Å². The number of benzene rings is 1. The third-order valence-corrected chi connectivity index (χ3v) is 10.5. The van der Waals surface area contributed by atoms with E-state index >= 15 is 4.39 Å². The van der Waals surface area contributed by atoms with Crippen molar-refractivity contribution in [2.24, 2.45) is 5.92 Å². The summed E-state index contributed by atoms with van der Waals surface area (Å²) in [6, 6.07) is 7.54. The molecule has 2 unspecified atom stereocenters. The minimum atomic E-state index is -4.34. The van der Waals surface area contributed by atoms with E-state index in [-0.39, 0.29) is 23.4 Å². The molecule has 1 aromatic carbocycles. The Balaban J connectivity index is 1.27. The number of pyridine rings is 1. The smallest absolute Gasteiger partial charge is 0.264 e. The summed E-state index contributed by atoms with van der Waals surface area (Å²) >= 11 is 0. The van der Waals surface area contributed by atoms with E-state index in [1.165, 1.54) is 30.6 Å². The van der Waals surface area contributed by atoms with Crippen molar-refractivity contribution in [1.82, 2.24) is 29.5 Å². The molecule has 3 aliphatic rings. The highest BCUT2D eigenvalue weighted by molar-refractivity contribution is 7.89. The number of nitrogens with two attached hydrogens (primary N) is 1. The number of sulfonamides is 1. The molecule has 9 nitrogen and oxygen atoms in total. The van der Waals surface area contributed by atoms with Gasteiger partial charge < -0.3 is 10.6 Å². The average molecular weight is 610 g/mol. The van der Waals surface area contributed by atoms with E-state index in [2.05, 4.69) is 31.5 Å². The van der Waals surface area contributed by atoms with E-state index in [4.69, 9.17) is 10.7 Å². The number of nitrogens with zero attached hydrogens (tertiary/aromatic N) is 5. The highest BCUT2D eigenvalue weighted by Gasteiger charge is 2.33. The maximum Gasteiger partial charge on any atom is 0.264 e. The number of likely N-dealkylation sites (N-methyl/N-ethyl adjacent to an activating group) is 1. The number of hydrogen-bond donors (Lipinski definition) is 2. The molecule has 3 N–H and O–H groups in total. The lowest BCUT2D eigenvalue weighted by molar-refractivity contribution is 0.0876. The van der Waals surface area contributed by atoms with E-state index in [0.29, 0.717) is 22.6 Å². The summed E-state index contributed by atoms with van der Waals surface area (Å²) in [5, 5.41) is 0.571. The van der Waals surface area contributed by atoms with Crippen LogP contribution in [0.15, 0.2) is 65.2 Å². The summed E-state index contributed by atoms with van der Waals surface area (Å²) in [6.45, 7) is 6.25. The number of rotatable bonds is 6. The van der Waals surface area contributed by atoms with Crippen molar-refractivity contribution in [3.63, 3.8) is 0 Å². The van der Waals surface area contributed by atoms with Gasteiger partial charge in [0, 0.05) is 49.8 Å². The van der Waals surface area contributed by atoms with Crippen molar-refractivity contribution in [2.75, 3.05) is 39.0 Å². The fourth-order valence-corrected chi connectivity index (χ4v) is 7.79. The molecular weight excluding hydrogens is 572 g/mol. The van der Waals surface area contributed by atoms with Gasteiger partial charge in [0.05, 0.1) is 22.3 Å². The van der Waals surface area contributed by atoms with Gasteiger partial charge in [-0.15, -0.1) is 0 Å². The average Bonchev–Trinajstić information content (AvgIpc) is 2.99. The van der Waals surface area contributed by atoms with Gasteiger partial charge in [0.25, 0.3) is 10.0 Å². The number of nitrogens with one attached hydrogen (secondary N) is 1. The first-order valence-corrected chi connectivity index (χ1v) is 16.3. The number of anilines is 1. The molecule has 0 amide bonds.